The molecular formula is C26H26FN5OS. The third-order valence-electron chi connectivity index (χ3n) is 5.17. The molecule has 174 valence electrons. The van der Waals surface area contributed by atoms with Gasteiger partial charge < -0.3 is 9.88 Å². The second-order valence-electron chi connectivity index (χ2n) is 8.32. The molecule has 0 aliphatic rings. The van der Waals surface area contributed by atoms with Crippen LogP contribution in [0.3, 0.4) is 0 Å². The van der Waals surface area contributed by atoms with Crippen molar-refractivity contribution in [1.29, 1.82) is 0 Å². The Bertz CT molecular complexity index is 1240. The minimum atomic E-state index is -0.289. The van der Waals surface area contributed by atoms with E-state index in [9.17, 15) is 9.18 Å². The summed E-state index contributed by atoms with van der Waals surface area (Å²) in [5.74, 6) is 1.40. The van der Waals surface area contributed by atoms with Gasteiger partial charge in [0.05, 0.1) is 6.54 Å². The highest BCUT2D eigenvalue weighted by Crippen LogP contribution is 2.23. The number of thioether (sulfide) groups is 1. The number of nitrogens with one attached hydrogen (secondary N) is 1. The highest BCUT2D eigenvalue weighted by atomic mass is 32.2. The molecule has 4 rings (SSSR count). The molecule has 4 aromatic rings. The summed E-state index contributed by atoms with van der Waals surface area (Å²) < 4.78 is 15.6. The van der Waals surface area contributed by atoms with Crippen molar-refractivity contribution in [3.63, 3.8) is 0 Å². The Kier molecular flexibility index (Phi) is 7.69. The molecule has 0 bridgehead atoms. The van der Waals surface area contributed by atoms with Gasteiger partial charge in [-0.15, -0.1) is 10.2 Å². The van der Waals surface area contributed by atoms with E-state index in [1.807, 2.05) is 30.3 Å². The number of hydrogen-bond donors (Lipinski definition) is 1. The van der Waals surface area contributed by atoms with E-state index in [0.717, 1.165) is 40.0 Å². The van der Waals surface area contributed by atoms with E-state index in [2.05, 4.69) is 38.9 Å². The van der Waals surface area contributed by atoms with Crippen LogP contribution in [0.2, 0.25) is 0 Å². The monoisotopic (exact) mass is 475 g/mol. The summed E-state index contributed by atoms with van der Waals surface area (Å²) in [6.45, 7) is 5.32. The lowest BCUT2D eigenvalue weighted by atomic mass is 10.0. The number of nitrogens with zero attached hydrogens (tertiary/aromatic N) is 4. The lowest BCUT2D eigenvalue weighted by Crippen LogP contribution is -2.25. The van der Waals surface area contributed by atoms with Crippen LogP contribution in [-0.2, 0) is 18.8 Å². The number of amides is 1. The van der Waals surface area contributed by atoms with Crippen LogP contribution < -0.4 is 5.32 Å². The molecule has 0 fully saturated rings. The fourth-order valence-corrected chi connectivity index (χ4v) is 4.40. The molecule has 0 atom stereocenters. The van der Waals surface area contributed by atoms with Crippen molar-refractivity contribution in [3.05, 3.63) is 95.8 Å². The van der Waals surface area contributed by atoms with Crippen molar-refractivity contribution < 1.29 is 9.18 Å². The van der Waals surface area contributed by atoms with Crippen LogP contribution in [0, 0.1) is 11.7 Å². The Balaban J connectivity index is 1.42. The summed E-state index contributed by atoms with van der Waals surface area (Å²) in [5.41, 5.74) is 3.31. The first kappa shape index (κ1) is 23.6. The highest BCUT2D eigenvalue weighted by molar-refractivity contribution is 7.98. The lowest BCUT2D eigenvalue weighted by Gasteiger charge is -2.13. The summed E-state index contributed by atoms with van der Waals surface area (Å²) in [5, 5.41) is 12.5. The van der Waals surface area contributed by atoms with Crippen LogP contribution in [0.5, 0.6) is 0 Å². The lowest BCUT2D eigenvalue weighted by molar-refractivity contribution is 0.0949. The fourth-order valence-electron chi connectivity index (χ4n) is 3.48. The van der Waals surface area contributed by atoms with Crippen molar-refractivity contribution in [2.75, 3.05) is 0 Å². The van der Waals surface area contributed by atoms with Crippen LogP contribution in [0.4, 0.5) is 4.39 Å². The minimum Gasteiger partial charge on any atom is -0.345 e. The molecule has 2 aromatic heterocycles. The first-order valence-corrected chi connectivity index (χ1v) is 12.1. The van der Waals surface area contributed by atoms with Crippen LogP contribution in [0.15, 0.2) is 78.2 Å². The molecule has 2 heterocycles. The average Bonchev–Trinajstić information content (AvgIpc) is 3.22. The fraction of sp³-hybridized carbons (Fsp3) is 0.231. The van der Waals surface area contributed by atoms with E-state index >= 15 is 0 Å². The first-order chi connectivity index (χ1) is 16.5. The SMILES string of the molecule is CC(C)Cn1c(CNC(=O)c2ccc(-c3cccc(F)c3)cc2)nnc1SCc1ccncc1. The number of aromatic nitrogens is 4. The average molecular weight is 476 g/mol. The molecule has 1 N–H and O–H groups in total. The van der Waals surface area contributed by atoms with Gasteiger partial charge >= 0.3 is 0 Å². The molecule has 0 aliphatic carbocycles. The molecule has 34 heavy (non-hydrogen) atoms. The van der Waals surface area contributed by atoms with Gasteiger partial charge in [-0.1, -0.05) is 49.9 Å². The first-order valence-electron chi connectivity index (χ1n) is 11.1. The molecule has 0 saturated heterocycles. The van der Waals surface area contributed by atoms with E-state index in [4.69, 9.17) is 0 Å². The predicted octanol–water partition coefficient (Wildman–Crippen LogP) is 5.36. The van der Waals surface area contributed by atoms with E-state index in [1.165, 1.54) is 12.1 Å². The zero-order chi connectivity index (χ0) is 23.9. The number of rotatable bonds is 9. The number of carbonyl (C=O) groups is 1. The summed E-state index contributed by atoms with van der Waals surface area (Å²) in [6.07, 6.45) is 3.56. The largest absolute Gasteiger partial charge is 0.345 e. The zero-order valence-electron chi connectivity index (χ0n) is 19.1. The Morgan fingerprint density at radius 3 is 2.50 bits per heavy atom. The second kappa shape index (κ2) is 11.1. The molecule has 8 heteroatoms. The Morgan fingerprint density at radius 2 is 1.79 bits per heavy atom. The summed E-state index contributed by atoms with van der Waals surface area (Å²) >= 11 is 1.62. The molecule has 0 radical (unpaired) electrons. The number of halogens is 1. The Hall–Kier alpha value is -3.52. The molecule has 0 saturated carbocycles. The Labute approximate surface area is 202 Å². The molecule has 1 amide bonds. The molecule has 0 unspecified atom stereocenters. The highest BCUT2D eigenvalue weighted by Gasteiger charge is 2.15. The van der Waals surface area contributed by atoms with Crippen LogP contribution in [0.25, 0.3) is 11.1 Å². The van der Waals surface area contributed by atoms with Gasteiger partial charge in [0, 0.05) is 30.3 Å². The van der Waals surface area contributed by atoms with Gasteiger partial charge in [-0.3, -0.25) is 9.78 Å². The van der Waals surface area contributed by atoms with Gasteiger partial charge in [0.25, 0.3) is 5.91 Å². The van der Waals surface area contributed by atoms with Gasteiger partial charge in [-0.2, -0.15) is 0 Å². The maximum Gasteiger partial charge on any atom is 0.251 e. The maximum atomic E-state index is 13.5. The van der Waals surface area contributed by atoms with Gasteiger partial charge in [0.1, 0.15) is 5.82 Å². The summed E-state index contributed by atoms with van der Waals surface area (Å²) in [7, 11) is 0. The van der Waals surface area contributed by atoms with Crippen molar-refractivity contribution in [2.45, 2.75) is 37.8 Å². The second-order valence-corrected chi connectivity index (χ2v) is 9.26. The molecular weight excluding hydrogens is 449 g/mol. The number of carbonyl (C=O) groups excluding carboxylic acids is 1. The molecule has 0 spiro atoms. The topological polar surface area (TPSA) is 72.7 Å². The number of pyridine rings is 1. The normalized spacial score (nSPS) is 11.1. The molecule has 0 aliphatic heterocycles. The predicted molar refractivity (Wildman–Crippen MR) is 132 cm³/mol. The van der Waals surface area contributed by atoms with Crippen LogP contribution in [-0.4, -0.2) is 25.7 Å². The Morgan fingerprint density at radius 1 is 1.03 bits per heavy atom. The standard InChI is InChI=1S/C26H26FN5OS/c1-18(2)16-32-24(30-31-26(32)34-17-19-10-12-28-13-11-19)15-29-25(33)21-8-6-20(7-9-21)22-4-3-5-23(27)14-22/h3-14,18H,15-17H2,1-2H3,(H,29,33). The van der Waals surface area contributed by atoms with Crippen LogP contribution >= 0.6 is 11.8 Å². The number of benzene rings is 2. The van der Waals surface area contributed by atoms with Crippen molar-refractivity contribution in [3.8, 4) is 11.1 Å². The maximum absolute atomic E-state index is 13.5. The van der Waals surface area contributed by atoms with E-state index in [0.29, 0.717) is 11.5 Å². The van der Waals surface area contributed by atoms with Gasteiger partial charge in [-0.05, 0) is 59.0 Å². The summed E-state index contributed by atoms with van der Waals surface area (Å²) in [4.78, 5) is 16.8. The molecule has 6 nitrogen and oxygen atoms in total. The van der Waals surface area contributed by atoms with Gasteiger partial charge in [0.15, 0.2) is 11.0 Å². The smallest absolute Gasteiger partial charge is 0.251 e. The van der Waals surface area contributed by atoms with E-state index < -0.39 is 0 Å². The van der Waals surface area contributed by atoms with Crippen molar-refractivity contribution >= 4 is 17.7 Å². The van der Waals surface area contributed by atoms with E-state index in [-0.39, 0.29) is 18.3 Å². The minimum absolute atomic E-state index is 0.198. The van der Waals surface area contributed by atoms with Gasteiger partial charge in [-0.25, -0.2) is 4.39 Å². The zero-order valence-corrected chi connectivity index (χ0v) is 19.9. The van der Waals surface area contributed by atoms with Crippen molar-refractivity contribution in [1.82, 2.24) is 25.1 Å². The van der Waals surface area contributed by atoms with E-state index in [1.54, 1.807) is 42.4 Å². The van der Waals surface area contributed by atoms with Gasteiger partial charge in [0.2, 0.25) is 0 Å². The third-order valence-corrected chi connectivity index (χ3v) is 6.21. The summed E-state index contributed by atoms with van der Waals surface area (Å²) in [6, 6.07) is 17.5. The van der Waals surface area contributed by atoms with Crippen LogP contribution in [0.1, 0.15) is 35.6 Å². The van der Waals surface area contributed by atoms with Crippen molar-refractivity contribution in [2.24, 2.45) is 5.92 Å². The quantitative estimate of drug-likeness (QED) is 0.330. The number of hydrogen-bond acceptors (Lipinski definition) is 5. The molecule has 2 aromatic carbocycles. The third kappa shape index (κ3) is 6.08.